The van der Waals surface area contributed by atoms with E-state index in [1.54, 1.807) is 6.08 Å². The molecule has 0 aliphatic heterocycles. The molecule has 6 unspecified atom stereocenters. The van der Waals surface area contributed by atoms with Crippen LogP contribution in [0, 0.1) is 28.6 Å². The van der Waals surface area contributed by atoms with Gasteiger partial charge in [-0.2, -0.15) is 0 Å². The van der Waals surface area contributed by atoms with E-state index in [4.69, 9.17) is 4.74 Å². The van der Waals surface area contributed by atoms with E-state index in [0.29, 0.717) is 22.7 Å². The summed E-state index contributed by atoms with van der Waals surface area (Å²) in [5.41, 5.74) is -0.828. The molecule has 1 N–H and O–H groups in total. The topological polar surface area (TPSA) is 80.7 Å². The Labute approximate surface area is 203 Å². The van der Waals surface area contributed by atoms with Gasteiger partial charge >= 0.3 is 5.97 Å². The Bertz CT molecular complexity index is 905. The predicted octanol–water partition coefficient (Wildman–Crippen LogP) is -0.152. The molecule has 6 nitrogen and oxygen atoms in total. The molecular formula is C26H38ClNO5. The van der Waals surface area contributed by atoms with Crippen molar-refractivity contribution in [2.75, 3.05) is 34.3 Å². The smallest absolute Gasteiger partial charge is 0.362 e. The monoisotopic (exact) mass is 479 g/mol. The van der Waals surface area contributed by atoms with Gasteiger partial charge in [0, 0.05) is 10.8 Å². The molecule has 0 saturated heterocycles. The Balaban J connectivity index is 0.00000306. The van der Waals surface area contributed by atoms with Crippen molar-refractivity contribution in [2.45, 2.75) is 58.0 Å². The fourth-order valence-corrected chi connectivity index (χ4v) is 7.37. The number of Topliss-reactive ketones (excluding diaryl/α,β-unsaturated/α-hetero) is 1. The van der Waals surface area contributed by atoms with Crippen molar-refractivity contribution in [3.05, 3.63) is 23.8 Å². The summed E-state index contributed by atoms with van der Waals surface area (Å²) in [5.74, 6) is 0.386. The van der Waals surface area contributed by atoms with Crippen LogP contribution in [-0.2, 0) is 19.1 Å². The predicted molar refractivity (Wildman–Crippen MR) is 120 cm³/mol. The fraction of sp³-hybridized carbons (Fsp3) is 0.731. The maximum Gasteiger partial charge on any atom is 0.362 e. The molecule has 0 radical (unpaired) electrons. The van der Waals surface area contributed by atoms with Gasteiger partial charge in [-0.1, -0.05) is 25.5 Å². The summed E-state index contributed by atoms with van der Waals surface area (Å²) >= 11 is 0. The fourth-order valence-electron chi connectivity index (χ4n) is 7.37. The highest BCUT2D eigenvalue weighted by Gasteiger charge is 2.66. The zero-order chi connectivity index (χ0) is 23.5. The van der Waals surface area contributed by atoms with Crippen molar-refractivity contribution in [1.29, 1.82) is 0 Å². The normalized spacial score (nSPS) is 39.5. The van der Waals surface area contributed by atoms with E-state index in [2.05, 4.69) is 19.9 Å². The van der Waals surface area contributed by atoms with Gasteiger partial charge in [0.05, 0.1) is 21.1 Å². The van der Waals surface area contributed by atoms with Crippen molar-refractivity contribution in [2.24, 2.45) is 28.6 Å². The van der Waals surface area contributed by atoms with Gasteiger partial charge in [-0.05, 0) is 68.4 Å². The molecule has 6 atom stereocenters. The molecule has 0 bridgehead atoms. The molecule has 0 spiro atoms. The highest BCUT2D eigenvalue weighted by molar-refractivity contribution is 6.01. The minimum Gasteiger partial charge on any atom is -1.00 e. The zero-order valence-electron chi connectivity index (χ0n) is 20.5. The number of quaternary nitrogens is 1. The van der Waals surface area contributed by atoms with E-state index in [1.807, 2.05) is 27.2 Å². The van der Waals surface area contributed by atoms with E-state index in [1.165, 1.54) is 5.57 Å². The molecule has 0 heterocycles. The van der Waals surface area contributed by atoms with E-state index >= 15 is 0 Å². The summed E-state index contributed by atoms with van der Waals surface area (Å²) in [6.07, 6.45) is 10.4. The summed E-state index contributed by atoms with van der Waals surface area (Å²) in [6.45, 7) is 4.14. The zero-order valence-corrected chi connectivity index (χ0v) is 21.3. The average molecular weight is 480 g/mol. The van der Waals surface area contributed by atoms with Crippen LogP contribution >= 0.6 is 0 Å². The average Bonchev–Trinajstić information content (AvgIpc) is 2.97. The van der Waals surface area contributed by atoms with Gasteiger partial charge in [-0.25, -0.2) is 4.79 Å². The lowest BCUT2D eigenvalue weighted by atomic mass is 9.47. The Morgan fingerprint density at radius 2 is 1.79 bits per heavy atom. The first kappa shape index (κ1) is 26.1. The van der Waals surface area contributed by atoms with Gasteiger partial charge in [0.2, 0.25) is 5.78 Å². The quantitative estimate of drug-likeness (QED) is 0.438. The summed E-state index contributed by atoms with van der Waals surface area (Å²) in [6, 6.07) is 0. The summed E-state index contributed by atoms with van der Waals surface area (Å²) < 4.78 is 5.70. The maximum atomic E-state index is 13.2. The number of nitrogens with zero attached hydrogens (tertiary/aromatic N) is 1. The highest BCUT2D eigenvalue weighted by atomic mass is 35.5. The number of ketones is 2. The van der Waals surface area contributed by atoms with E-state index in [-0.39, 0.29) is 48.5 Å². The molecule has 3 fully saturated rings. The number of aliphatic hydroxyl groups is 1. The number of rotatable bonds is 5. The number of hydrogen-bond donors (Lipinski definition) is 1. The van der Waals surface area contributed by atoms with Crippen molar-refractivity contribution in [3.8, 4) is 0 Å². The standard InChI is InChI=1S/C26H38NO5.ClH/c1-24-11-8-18(28)14-17(24)6-7-19-20(24)9-12-25(2)21(19)10-13-26(25,31)22(29)16-32-23(30)15-27(3,4)5;/h8,11,14,19-21,31H,6-7,9-10,12-13,15-16H2,1-5H3;1H/q+1;/p-1. The first-order valence-electron chi connectivity index (χ1n) is 12.0. The molecule has 7 heteroatoms. The second kappa shape index (κ2) is 8.62. The van der Waals surface area contributed by atoms with Crippen molar-refractivity contribution in [1.82, 2.24) is 0 Å². The molecule has 0 amide bonds. The number of hydrogen-bond acceptors (Lipinski definition) is 5. The van der Waals surface area contributed by atoms with Crippen LogP contribution in [0.4, 0.5) is 0 Å². The molecule has 3 saturated carbocycles. The highest BCUT2D eigenvalue weighted by Crippen LogP contribution is 2.67. The Hall–Kier alpha value is -1.50. The largest absolute Gasteiger partial charge is 1.00 e. The van der Waals surface area contributed by atoms with E-state index in [9.17, 15) is 19.5 Å². The maximum absolute atomic E-state index is 13.2. The van der Waals surface area contributed by atoms with Crippen LogP contribution in [0.2, 0.25) is 0 Å². The van der Waals surface area contributed by atoms with Gasteiger partial charge in [0.1, 0.15) is 5.60 Å². The molecule has 0 aromatic heterocycles. The summed E-state index contributed by atoms with van der Waals surface area (Å²) in [4.78, 5) is 37.2. The molecule has 0 aromatic rings. The lowest BCUT2D eigenvalue weighted by Crippen LogP contribution is -3.00. The number of carbonyl (C=O) groups excluding carboxylic acids is 3. The van der Waals surface area contributed by atoms with Crippen LogP contribution in [0.3, 0.4) is 0 Å². The Morgan fingerprint density at radius 3 is 2.45 bits per heavy atom. The molecule has 4 aliphatic rings. The third kappa shape index (κ3) is 4.23. The van der Waals surface area contributed by atoms with E-state index < -0.39 is 17.0 Å². The van der Waals surface area contributed by atoms with Gasteiger partial charge in [0.15, 0.2) is 18.9 Å². The van der Waals surface area contributed by atoms with Crippen LogP contribution in [0.5, 0.6) is 0 Å². The molecule has 0 aromatic carbocycles. The van der Waals surface area contributed by atoms with Crippen LogP contribution in [-0.4, -0.2) is 67.0 Å². The van der Waals surface area contributed by atoms with Gasteiger partial charge in [-0.3, -0.25) is 9.59 Å². The molecule has 184 valence electrons. The second-order valence-electron chi connectivity index (χ2n) is 12.0. The van der Waals surface area contributed by atoms with Gasteiger partial charge in [0.25, 0.3) is 0 Å². The summed E-state index contributed by atoms with van der Waals surface area (Å²) in [5, 5.41) is 11.7. The first-order chi connectivity index (χ1) is 14.8. The third-order valence-corrected chi connectivity index (χ3v) is 9.14. The minimum absolute atomic E-state index is 0. The molecule has 4 rings (SSSR count). The number of fused-ring (bicyclic) bond motifs is 5. The lowest BCUT2D eigenvalue weighted by Gasteiger charge is -2.57. The van der Waals surface area contributed by atoms with Crippen LogP contribution in [0.1, 0.15) is 52.4 Å². The number of halogens is 1. The first-order valence-corrected chi connectivity index (χ1v) is 12.0. The Morgan fingerprint density at radius 1 is 1.12 bits per heavy atom. The number of likely N-dealkylation sites (N-methyl/N-ethyl adjacent to an activating group) is 1. The van der Waals surface area contributed by atoms with Crippen LogP contribution in [0.25, 0.3) is 0 Å². The molecule has 4 aliphatic carbocycles. The van der Waals surface area contributed by atoms with Crippen LogP contribution < -0.4 is 12.4 Å². The van der Waals surface area contributed by atoms with Crippen LogP contribution in [0.15, 0.2) is 23.8 Å². The molecule has 33 heavy (non-hydrogen) atoms. The third-order valence-electron chi connectivity index (χ3n) is 9.14. The summed E-state index contributed by atoms with van der Waals surface area (Å²) in [7, 11) is 5.67. The van der Waals surface area contributed by atoms with Crippen molar-refractivity contribution in [3.63, 3.8) is 0 Å². The van der Waals surface area contributed by atoms with Gasteiger partial charge in [-0.15, -0.1) is 0 Å². The number of carbonyl (C=O) groups is 3. The minimum atomic E-state index is -1.45. The molecular weight excluding hydrogens is 442 g/mol. The lowest BCUT2D eigenvalue weighted by molar-refractivity contribution is -0.862. The number of ether oxygens (including phenoxy) is 1. The number of esters is 1. The van der Waals surface area contributed by atoms with E-state index in [0.717, 1.165) is 32.1 Å². The second-order valence-corrected chi connectivity index (χ2v) is 12.0. The SMILES string of the molecule is CC12C=CC(=O)C=C1CCC1C2CCC2(C)C1CCC2(O)C(=O)COC(=O)C[N+](C)(C)C.[Cl-]. The number of allylic oxidation sites excluding steroid dienone is 4. The van der Waals surface area contributed by atoms with Crippen molar-refractivity contribution >= 4 is 17.5 Å². The van der Waals surface area contributed by atoms with Gasteiger partial charge < -0.3 is 26.7 Å². The van der Waals surface area contributed by atoms with Crippen molar-refractivity contribution < 1.29 is 41.1 Å². The Kier molecular flexibility index (Phi) is 6.82.